The third kappa shape index (κ3) is 4.88. The summed E-state index contributed by atoms with van der Waals surface area (Å²) in [6.45, 7) is 2.12. The first-order valence-electron chi connectivity index (χ1n) is 7.67. The molecular formula is C17H24N2O2. The van der Waals surface area contributed by atoms with Gasteiger partial charge >= 0.3 is 5.97 Å². The maximum absolute atomic E-state index is 11.4. The van der Waals surface area contributed by atoms with Crippen molar-refractivity contribution < 1.29 is 9.53 Å². The number of nitrogens with two attached hydrogens (primary N) is 1. The molecule has 1 aliphatic heterocycles. The molecule has 114 valence electrons. The number of carbonyl (C=O) groups is 1. The quantitative estimate of drug-likeness (QED) is 0.365. The summed E-state index contributed by atoms with van der Waals surface area (Å²) in [5, 5.41) is 7.36. The number of hydrogen-bond donors (Lipinski definition) is 2. The summed E-state index contributed by atoms with van der Waals surface area (Å²) in [5.41, 5.74) is 7.46. The number of amidine groups is 1. The zero-order valence-corrected chi connectivity index (χ0v) is 12.6. The second-order valence-electron chi connectivity index (χ2n) is 6.01. The molecule has 2 rings (SSSR count). The summed E-state index contributed by atoms with van der Waals surface area (Å²) in [6, 6.07) is 7.84. The molecule has 21 heavy (non-hydrogen) atoms. The Morgan fingerprint density at radius 2 is 2.05 bits per heavy atom. The number of esters is 1. The maximum Gasteiger partial charge on any atom is 0.306 e. The SMILES string of the molecule is CC1CC(=O)OC(CCCCc2ccc(C(=N)N)cc2)C1. The summed E-state index contributed by atoms with van der Waals surface area (Å²) < 4.78 is 5.37. The second kappa shape index (κ2) is 7.25. The molecule has 0 aliphatic carbocycles. The maximum atomic E-state index is 11.4. The van der Waals surface area contributed by atoms with Crippen LogP contribution in [0, 0.1) is 11.3 Å². The van der Waals surface area contributed by atoms with Crippen molar-refractivity contribution in [2.45, 2.75) is 51.6 Å². The fourth-order valence-corrected chi connectivity index (χ4v) is 2.83. The van der Waals surface area contributed by atoms with Crippen LogP contribution in [0.2, 0.25) is 0 Å². The lowest BCUT2D eigenvalue weighted by Crippen LogP contribution is -2.28. The molecule has 0 radical (unpaired) electrons. The zero-order valence-electron chi connectivity index (χ0n) is 12.6. The number of rotatable bonds is 6. The molecule has 3 N–H and O–H groups in total. The van der Waals surface area contributed by atoms with E-state index in [9.17, 15) is 4.79 Å². The van der Waals surface area contributed by atoms with Crippen LogP contribution < -0.4 is 5.73 Å². The smallest absolute Gasteiger partial charge is 0.306 e. The Bertz CT molecular complexity index is 496. The Balaban J connectivity index is 1.69. The van der Waals surface area contributed by atoms with Gasteiger partial charge < -0.3 is 10.5 Å². The van der Waals surface area contributed by atoms with E-state index < -0.39 is 0 Å². The van der Waals surface area contributed by atoms with Crippen molar-refractivity contribution in [3.05, 3.63) is 35.4 Å². The molecule has 0 aromatic heterocycles. The molecule has 4 heteroatoms. The summed E-state index contributed by atoms with van der Waals surface area (Å²) in [4.78, 5) is 11.4. The van der Waals surface area contributed by atoms with Crippen molar-refractivity contribution in [1.29, 1.82) is 5.41 Å². The lowest BCUT2D eigenvalue weighted by atomic mass is 9.94. The van der Waals surface area contributed by atoms with Gasteiger partial charge in [0.2, 0.25) is 0 Å². The van der Waals surface area contributed by atoms with Crippen LogP contribution in [-0.2, 0) is 16.0 Å². The minimum absolute atomic E-state index is 0.0430. The highest BCUT2D eigenvalue weighted by atomic mass is 16.5. The van der Waals surface area contributed by atoms with Crippen LogP contribution >= 0.6 is 0 Å². The van der Waals surface area contributed by atoms with Crippen molar-refractivity contribution in [3.63, 3.8) is 0 Å². The molecule has 2 atom stereocenters. The number of aryl methyl sites for hydroxylation is 1. The van der Waals surface area contributed by atoms with E-state index in [2.05, 4.69) is 6.92 Å². The van der Waals surface area contributed by atoms with Crippen molar-refractivity contribution in [2.75, 3.05) is 0 Å². The lowest BCUT2D eigenvalue weighted by Gasteiger charge is -2.26. The molecule has 1 saturated heterocycles. The van der Waals surface area contributed by atoms with E-state index in [0.29, 0.717) is 12.3 Å². The lowest BCUT2D eigenvalue weighted by molar-refractivity contribution is -0.156. The van der Waals surface area contributed by atoms with Crippen LogP contribution in [0.25, 0.3) is 0 Å². The van der Waals surface area contributed by atoms with Gasteiger partial charge in [-0.1, -0.05) is 31.2 Å². The van der Waals surface area contributed by atoms with Gasteiger partial charge in [0.1, 0.15) is 11.9 Å². The van der Waals surface area contributed by atoms with Gasteiger partial charge in [-0.3, -0.25) is 10.2 Å². The molecule has 0 amide bonds. The number of carbonyl (C=O) groups excluding carboxylic acids is 1. The predicted molar refractivity (Wildman–Crippen MR) is 83.3 cm³/mol. The fourth-order valence-electron chi connectivity index (χ4n) is 2.83. The largest absolute Gasteiger partial charge is 0.462 e. The number of unbranched alkanes of at least 4 members (excludes halogenated alkanes) is 1. The Morgan fingerprint density at radius 1 is 1.33 bits per heavy atom. The standard InChI is InChI=1S/C17H24N2O2/c1-12-10-15(21-16(20)11-12)5-3-2-4-13-6-8-14(9-7-13)17(18)19/h6-9,12,15H,2-5,10-11H2,1H3,(H3,18,19). The summed E-state index contributed by atoms with van der Waals surface area (Å²) in [7, 11) is 0. The topological polar surface area (TPSA) is 76.2 Å². The third-order valence-corrected chi connectivity index (χ3v) is 3.98. The fraction of sp³-hybridized carbons (Fsp3) is 0.529. The van der Waals surface area contributed by atoms with Gasteiger partial charge in [-0.2, -0.15) is 0 Å². The number of cyclic esters (lactones) is 1. The number of hydrogen-bond acceptors (Lipinski definition) is 3. The zero-order chi connectivity index (χ0) is 15.2. The number of nitrogen functional groups attached to an aromatic ring is 1. The van der Waals surface area contributed by atoms with Gasteiger partial charge in [-0.15, -0.1) is 0 Å². The van der Waals surface area contributed by atoms with Crippen LogP contribution in [-0.4, -0.2) is 17.9 Å². The van der Waals surface area contributed by atoms with Crippen LogP contribution in [0.15, 0.2) is 24.3 Å². The minimum Gasteiger partial charge on any atom is -0.462 e. The van der Waals surface area contributed by atoms with Gasteiger partial charge in [0, 0.05) is 12.0 Å². The molecule has 1 aromatic carbocycles. The van der Waals surface area contributed by atoms with Crippen molar-refractivity contribution in [2.24, 2.45) is 11.7 Å². The van der Waals surface area contributed by atoms with Gasteiger partial charge in [-0.05, 0) is 43.6 Å². The number of ether oxygens (including phenoxy) is 1. The van der Waals surface area contributed by atoms with E-state index in [-0.39, 0.29) is 17.9 Å². The van der Waals surface area contributed by atoms with E-state index in [1.54, 1.807) is 0 Å². The molecule has 1 aromatic rings. The van der Waals surface area contributed by atoms with Gasteiger partial charge in [0.25, 0.3) is 0 Å². The van der Waals surface area contributed by atoms with Crippen LogP contribution in [0.1, 0.15) is 50.2 Å². The highest BCUT2D eigenvalue weighted by Crippen LogP contribution is 2.24. The van der Waals surface area contributed by atoms with E-state index in [1.165, 1.54) is 5.56 Å². The molecule has 1 fully saturated rings. The number of benzene rings is 1. The average molecular weight is 288 g/mol. The first-order valence-corrected chi connectivity index (χ1v) is 7.67. The summed E-state index contributed by atoms with van der Waals surface area (Å²) in [5.74, 6) is 0.517. The van der Waals surface area contributed by atoms with Crippen molar-refractivity contribution >= 4 is 11.8 Å². The average Bonchev–Trinajstić information content (AvgIpc) is 2.43. The monoisotopic (exact) mass is 288 g/mol. The molecule has 0 saturated carbocycles. The molecule has 2 unspecified atom stereocenters. The van der Waals surface area contributed by atoms with Crippen LogP contribution in [0.5, 0.6) is 0 Å². The van der Waals surface area contributed by atoms with E-state index >= 15 is 0 Å². The molecule has 1 aliphatic rings. The van der Waals surface area contributed by atoms with Crippen molar-refractivity contribution in [3.8, 4) is 0 Å². The number of nitrogens with one attached hydrogen (secondary N) is 1. The van der Waals surface area contributed by atoms with Gasteiger partial charge in [0.15, 0.2) is 0 Å². The highest BCUT2D eigenvalue weighted by molar-refractivity contribution is 5.94. The molecule has 0 bridgehead atoms. The summed E-state index contributed by atoms with van der Waals surface area (Å²) in [6.07, 6.45) is 5.80. The third-order valence-electron chi connectivity index (χ3n) is 3.98. The Morgan fingerprint density at radius 3 is 2.67 bits per heavy atom. The van der Waals surface area contributed by atoms with Gasteiger partial charge in [-0.25, -0.2) is 0 Å². The minimum atomic E-state index is -0.0430. The van der Waals surface area contributed by atoms with E-state index in [1.807, 2.05) is 24.3 Å². The normalized spacial score (nSPS) is 21.9. The van der Waals surface area contributed by atoms with E-state index in [0.717, 1.165) is 37.7 Å². The predicted octanol–water partition coefficient (Wildman–Crippen LogP) is 3.03. The summed E-state index contributed by atoms with van der Waals surface area (Å²) >= 11 is 0. The molecule has 0 spiro atoms. The van der Waals surface area contributed by atoms with E-state index in [4.69, 9.17) is 15.9 Å². The second-order valence-corrected chi connectivity index (χ2v) is 6.01. The Hall–Kier alpha value is -1.84. The van der Waals surface area contributed by atoms with Crippen LogP contribution in [0.3, 0.4) is 0 Å². The molecule has 4 nitrogen and oxygen atoms in total. The van der Waals surface area contributed by atoms with Crippen molar-refractivity contribution in [1.82, 2.24) is 0 Å². The highest BCUT2D eigenvalue weighted by Gasteiger charge is 2.25. The Labute approximate surface area is 126 Å². The first kappa shape index (κ1) is 15.5. The molecular weight excluding hydrogens is 264 g/mol. The first-order chi connectivity index (χ1) is 10.0. The molecule has 1 heterocycles. The van der Waals surface area contributed by atoms with Gasteiger partial charge in [0.05, 0.1) is 0 Å². The van der Waals surface area contributed by atoms with Crippen LogP contribution in [0.4, 0.5) is 0 Å². The Kier molecular flexibility index (Phi) is 5.37.